The number of nitrogens with one attached hydrogen (secondary N) is 1. The van der Waals surface area contributed by atoms with Crippen molar-refractivity contribution in [3.8, 4) is 0 Å². The van der Waals surface area contributed by atoms with Gasteiger partial charge in [0.25, 0.3) is 5.91 Å². The van der Waals surface area contributed by atoms with Crippen LogP contribution in [0.15, 0.2) is 0 Å². The summed E-state index contributed by atoms with van der Waals surface area (Å²) in [5.74, 6) is -1.33. The lowest BCUT2D eigenvalue weighted by Crippen LogP contribution is -2.31. The number of amides is 1. The highest BCUT2D eigenvalue weighted by Gasteiger charge is 2.16. The van der Waals surface area contributed by atoms with Gasteiger partial charge >= 0.3 is 5.97 Å². The summed E-state index contributed by atoms with van der Waals surface area (Å²) in [7, 11) is 0. The highest BCUT2D eigenvalue weighted by atomic mass is 16.6. The summed E-state index contributed by atoms with van der Waals surface area (Å²) < 4.78 is 5.09. The fourth-order valence-electron chi connectivity index (χ4n) is 1.09. The van der Waals surface area contributed by atoms with Gasteiger partial charge in [-0.1, -0.05) is 6.92 Å². The van der Waals surface area contributed by atoms with Gasteiger partial charge in [0, 0.05) is 19.4 Å². The van der Waals surface area contributed by atoms with Crippen LogP contribution >= 0.6 is 0 Å². The Morgan fingerprint density at radius 3 is 2.24 bits per heavy atom. The maximum atomic E-state index is 11.3. The third-order valence-electron chi connectivity index (χ3n) is 1.84. The predicted octanol–water partition coefficient (Wildman–Crippen LogP) is 1.20. The Labute approximate surface area is 102 Å². The summed E-state index contributed by atoms with van der Waals surface area (Å²) in [4.78, 5) is 33.3. The smallest absolute Gasteiger partial charge is 0.306 e. The molecule has 17 heavy (non-hydrogen) atoms. The summed E-state index contributed by atoms with van der Waals surface area (Å²) in [6, 6.07) is 0. The van der Waals surface area contributed by atoms with E-state index in [0.717, 1.165) is 0 Å². The zero-order valence-electron chi connectivity index (χ0n) is 11.0. The fraction of sp³-hybridized carbons (Fsp3) is 0.750. The van der Waals surface area contributed by atoms with Crippen molar-refractivity contribution in [1.29, 1.82) is 0 Å². The first kappa shape index (κ1) is 15.6. The Balaban J connectivity index is 3.69. The van der Waals surface area contributed by atoms with Crippen LogP contribution in [-0.4, -0.2) is 29.8 Å². The molecule has 1 N–H and O–H groups in total. The van der Waals surface area contributed by atoms with Crippen molar-refractivity contribution in [2.45, 2.75) is 52.6 Å². The molecule has 0 bridgehead atoms. The number of Topliss-reactive ketones (excluding diaryl/α,β-unsaturated/α-hetero) is 1. The van der Waals surface area contributed by atoms with Gasteiger partial charge in [0.2, 0.25) is 5.78 Å². The van der Waals surface area contributed by atoms with Crippen molar-refractivity contribution in [3.05, 3.63) is 0 Å². The van der Waals surface area contributed by atoms with Crippen LogP contribution < -0.4 is 5.32 Å². The van der Waals surface area contributed by atoms with Crippen molar-refractivity contribution in [2.75, 3.05) is 6.54 Å². The van der Waals surface area contributed by atoms with Crippen molar-refractivity contribution >= 4 is 17.7 Å². The lowest BCUT2D eigenvalue weighted by molar-refractivity contribution is -0.154. The molecular weight excluding hydrogens is 222 g/mol. The van der Waals surface area contributed by atoms with E-state index in [2.05, 4.69) is 5.32 Å². The van der Waals surface area contributed by atoms with Gasteiger partial charge in [-0.15, -0.1) is 0 Å². The van der Waals surface area contributed by atoms with E-state index in [4.69, 9.17) is 4.74 Å². The highest BCUT2D eigenvalue weighted by Crippen LogP contribution is 2.08. The van der Waals surface area contributed by atoms with E-state index in [1.165, 1.54) is 0 Å². The first-order chi connectivity index (χ1) is 7.76. The SMILES string of the molecule is CCC(=O)C(=O)NCCCC(=O)OC(C)(C)C. The molecule has 1 amide bonds. The number of hydrogen-bond acceptors (Lipinski definition) is 4. The second-order valence-electron chi connectivity index (χ2n) is 4.72. The Morgan fingerprint density at radius 1 is 1.18 bits per heavy atom. The molecule has 0 aliphatic heterocycles. The van der Waals surface area contributed by atoms with Gasteiger partial charge in [0.15, 0.2) is 0 Å². The fourth-order valence-corrected chi connectivity index (χ4v) is 1.09. The number of carbonyl (C=O) groups is 3. The van der Waals surface area contributed by atoms with Crippen LogP contribution in [0.4, 0.5) is 0 Å². The van der Waals surface area contributed by atoms with Crippen LogP contribution in [0.5, 0.6) is 0 Å². The molecular formula is C12H21NO4. The minimum Gasteiger partial charge on any atom is -0.460 e. The van der Waals surface area contributed by atoms with Crippen LogP contribution in [-0.2, 0) is 19.1 Å². The van der Waals surface area contributed by atoms with E-state index in [0.29, 0.717) is 13.0 Å². The average Bonchev–Trinajstić information content (AvgIpc) is 2.20. The summed E-state index contributed by atoms with van der Waals surface area (Å²) in [5.41, 5.74) is -0.488. The van der Waals surface area contributed by atoms with Crippen LogP contribution in [0.25, 0.3) is 0 Å². The molecule has 0 fully saturated rings. The largest absolute Gasteiger partial charge is 0.460 e. The average molecular weight is 243 g/mol. The summed E-state index contributed by atoms with van der Waals surface area (Å²) in [5, 5.41) is 2.46. The Hall–Kier alpha value is -1.39. The zero-order chi connectivity index (χ0) is 13.5. The van der Waals surface area contributed by atoms with Gasteiger partial charge in [-0.05, 0) is 27.2 Å². The first-order valence-electron chi connectivity index (χ1n) is 5.79. The maximum absolute atomic E-state index is 11.3. The summed E-state index contributed by atoms with van der Waals surface area (Å²) >= 11 is 0. The van der Waals surface area contributed by atoms with Gasteiger partial charge in [-0.2, -0.15) is 0 Å². The van der Waals surface area contributed by atoms with Gasteiger partial charge in [-0.25, -0.2) is 0 Å². The van der Waals surface area contributed by atoms with Crippen molar-refractivity contribution in [2.24, 2.45) is 0 Å². The lowest BCUT2D eigenvalue weighted by Gasteiger charge is -2.19. The molecule has 0 aromatic rings. The second kappa shape index (κ2) is 7.04. The van der Waals surface area contributed by atoms with Crippen LogP contribution in [0.1, 0.15) is 47.0 Å². The number of carbonyl (C=O) groups excluding carboxylic acids is 3. The number of hydrogen-bond donors (Lipinski definition) is 1. The topological polar surface area (TPSA) is 72.5 Å². The van der Waals surface area contributed by atoms with E-state index >= 15 is 0 Å². The molecule has 0 heterocycles. The summed E-state index contributed by atoms with van der Waals surface area (Å²) in [6.07, 6.45) is 0.896. The molecule has 0 aromatic carbocycles. The van der Waals surface area contributed by atoms with Crippen molar-refractivity contribution < 1.29 is 19.1 Å². The number of rotatable bonds is 6. The third kappa shape index (κ3) is 8.42. The minimum atomic E-state index is -0.586. The van der Waals surface area contributed by atoms with Gasteiger partial charge in [0.1, 0.15) is 5.60 Å². The second-order valence-corrected chi connectivity index (χ2v) is 4.72. The number of ketones is 1. The third-order valence-corrected chi connectivity index (χ3v) is 1.84. The number of ether oxygens (including phenoxy) is 1. The van der Waals surface area contributed by atoms with Crippen LogP contribution in [0.3, 0.4) is 0 Å². The standard InChI is InChI=1S/C12H21NO4/c1-5-9(14)11(16)13-8-6-7-10(15)17-12(2,3)4/h5-8H2,1-4H3,(H,13,16). The van der Waals surface area contributed by atoms with E-state index < -0.39 is 17.3 Å². The molecule has 0 saturated carbocycles. The first-order valence-corrected chi connectivity index (χ1v) is 5.79. The molecule has 98 valence electrons. The van der Waals surface area contributed by atoms with Crippen LogP contribution in [0, 0.1) is 0 Å². The van der Waals surface area contributed by atoms with Crippen LogP contribution in [0.2, 0.25) is 0 Å². The monoisotopic (exact) mass is 243 g/mol. The quantitative estimate of drug-likeness (QED) is 0.432. The molecule has 0 spiro atoms. The maximum Gasteiger partial charge on any atom is 0.306 e. The van der Waals surface area contributed by atoms with Crippen molar-refractivity contribution in [3.63, 3.8) is 0 Å². The van der Waals surface area contributed by atoms with E-state index in [1.807, 2.05) is 0 Å². The zero-order valence-corrected chi connectivity index (χ0v) is 11.0. The summed E-state index contributed by atoms with van der Waals surface area (Å²) in [6.45, 7) is 7.33. The Morgan fingerprint density at radius 2 is 1.76 bits per heavy atom. The Kier molecular flexibility index (Phi) is 6.46. The molecule has 0 atom stereocenters. The molecule has 5 nitrogen and oxygen atoms in total. The molecule has 0 rings (SSSR count). The number of esters is 1. The minimum absolute atomic E-state index is 0.192. The van der Waals surface area contributed by atoms with E-state index in [1.54, 1.807) is 27.7 Å². The van der Waals surface area contributed by atoms with Gasteiger partial charge in [-0.3, -0.25) is 14.4 Å². The molecule has 0 aromatic heterocycles. The van der Waals surface area contributed by atoms with Crippen molar-refractivity contribution in [1.82, 2.24) is 5.32 Å². The predicted molar refractivity (Wildman–Crippen MR) is 63.4 cm³/mol. The normalized spacial score (nSPS) is 10.8. The molecule has 0 unspecified atom stereocenters. The molecule has 0 saturated heterocycles. The molecule has 0 radical (unpaired) electrons. The molecule has 0 aliphatic carbocycles. The molecule has 0 aliphatic rings. The lowest BCUT2D eigenvalue weighted by atomic mass is 10.2. The van der Waals surface area contributed by atoms with E-state index in [9.17, 15) is 14.4 Å². The van der Waals surface area contributed by atoms with Gasteiger partial charge < -0.3 is 10.1 Å². The Bertz CT molecular complexity index is 291. The highest BCUT2D eigenvalue weighted by molar-refractivity contribution is 6.36. The van der Waals surface area contributed by atoms with Gasteiger partial charge in [0.05, 0.1) is 0 Å². The van der Waals surface area contributed by atoms with E-state index in [-0.39, 0.29) is 18.8 Å². The molecule has 5 heteroatoms.